The summed E-state index contributed by atoms with van der Waals surface area (Å²) in [5.74, 6) is -1.15. The van der Waals surface area contributed by atoms with E-state index >= 15 is 0 Å². The second-order valence-electron chi connectivity index (χ2n) is 7.44. The van der Waals surface area contributed by atoms with Crippen LogP contribution in [0.2, 0.25) is 0 Å². The molecule has 3 fully saturated rings. The summed E-state index contributed by atoms with van der Waals surface area (Å²) >= 11 is 0. The minimum absolute atomic E-state index is 0.0757. The summed E-state index contributed by atoms with van der Waals surface area (Å²) in [5, 5.41) is 9.27. The number of sulfonamides is 1. The number of hydrogen-bond donors (Lipinski definition) is 1. The van der Waals surface area contributed by atoms with Gasteiger partial charge in [0.1, 0.15) is 0 Å². The molecule has 5 nitrogen and oxygen atoms in total. The maximum atomic E-state index is 12.9. The van der Waals surface area contributed by atoms with Crippen LogP contribution in [0, 0.1) is 11.3 Å². The Morgan fingerprint density at radius 2 is 1.90 bits per heavy atom. The van der Waals surface area contributed by atoms with Gasteiger partial charge in [-0.25, -0.2) is 8.42 Å². The zero-order valence-electron chi connectivity index (χ0n) is 12.6. The molecule has 3 aliphatic rings. The molecule has 2 heterocycles. The number of fused-ring (bicyclic) bond motifs is 2. The van der Waals surface area contributed by atoms with Crippen molar-refractivity contribution in [3.8, 4) is 0 Å². The van der Waals surface area contributed by atoms with Crippen LogP contribution >= 0.6 is 0 Å². The van der Waals surface area contributed by atoms with E-state index in [4.69, 9.17) is 0 Å². The molecule has 2 aliphatic heterocycles. The topological polar surface area (TPSA) is 74.7 Å². The van der Waals surface area contributed by atoms with Gasteiger partial charge >= 0.3 is 5.97 Å². The maximum Gasteiger partial charge on any atom is 0.308 e. The number of rotatable bonds is 4. The van der Waals surface area contributed by atoms with Crippen molar-refractivity contribution in [1.29, 1.82) is 0 Å². The molecule has 21 heavy (non-hydrogen) atoms. The third kappa shape index (κ3) is 2.72. The van der Waals surface area contributed by atoms with Crippen molar-refractivity contribution in [1.82, 2.24) is 4.31 Å². The average molecular weight is 315 g/mol. The van der Waals surface area contributed by atoms with E-state index in [2.05, 4.69) is 6.92 Å². The first-order valence-corrected chi connectivity index (χ1v) is 9.67. The fourth-order valence-corrected chi connectivity index (χ4v) is 7.33. The Morgan fingerprint density at radius 1 is 1.24 bits per heavy atom. The van der Waals surface area contributed by atoms with E-state index in [-0.39, 0.29) is 23.3 Å². The quantitative estimate of drug-likeness (QED) is 0.863. The largest absolute Gasteiger partial charge is 0.481 e. The van der Waals surface area contributed by atoms with E-state index in [1.54, 1.807) is 4.31 Å². The molecule has 0 amide bonds. The molecule has 0 radical (unpaired) electrons. The summed E-state index contributed by atoms with van der Waals surface area (Å²) in [5.41, 5.74) is -0.127. The molecule has 1 aliphatic carbocycles. The van der Waals surface area contributed by atoms with Crippen molar-refractivity contribution >= 4 is 16.0 Å². The highest BCUT2D eigenvalue weighted by Crippen LogP contribution is 2.46. The average Bonchev–Trinajstić information content (AvgIpc) is 2.96. The van der Waals surface area contributed by atoms with Gasteiger partial charge in [0.2, 0.25) is 10.0 Å². The molecule has 2 saturated heterocycles. The molecule has 1 saturated carbocycles. The summed E-state index contributed by atoms with van der Waals surface area (Å²) in [6, 6.07) is -0.377. The van der Waals surface area contributed by atoms with Crippen molar-refractivity contribution in [3.05, 3.63) is 0 Å². The molecular formula is C15H25NO4S. The van der Waals surface area contributed by atoms with E-state index in [9.17, 15) is 18.3 Å². The number of carboxylic acids is 1. The van der Waals surface area contributed by atoms with Gasteiger partial charge in [-0.3, -0.25) is 4.79 Å². The Balaban J connectivity index is 1.78. The van der Waals surface area contributed by atoms with E-state index in [1.807, 2.05) is 0 Å². The molecule has 1 N–H and O–H groups in total. The number of hydrogen-bond acceptors (Lipinski definition) is 3. The number of carboxylic acid groups (broad SMARTS) is 1. The van der Waals surface area contributed by atoms with Crippen LogP contribution in [0.5, 0.6) is 0 Å². The van der Waals surface area contributed by atoms with Gasteiger partial charge in [-0.15, -0.1) is 0 Å². The standard InChI is InChI=1S/C15H25NO4S/c1-15(7-3-2-4-8-15)10-21(19,20)16-11-5-6-13(16)12(9-11)14(17)18/h11-13H,2-10H2,1H3,(H,17,18). The van der Waals surface area contributed by atoms with Crippen molar-refractivity contribution in [2.45, 2.75) is 70.4 Å². The highest BCUT2D eigenvalue weighted by molar-refractivity contribution is 7.89. The number of carbonyl (C=O) groups is 1. The van der Waals surface area contributed by atoms with Gasteiger partial charge in [-0.1, -0.05) is 26.2 Å². The van der Waals surface area contributed by atoms with E-state index in [0.717, 1.165) is 32.1 Å². The minimum Gasteiger partial charge on any atom is -0.481 e. The third-order valence-electron chi connectivity index (χ3n) is 5.70. The first kappa shape index (κ1) is 15.3. The Bertz CT molecular complexity index is 524. The lowest BCUT2D eigenvalue weighted by Crippen LogP contribution is -2.43. The summed E-state index contributed by atoms with van der Waals surface area (Å²) < 4.78 is 27.3. The molecule has 6 heteroatoms. The Kier molecular flexibility index (Phi) is 3.81. The van der Waals surface area contributed by atoms with E-state index in [1.165, 1.54) is 6.42 Å². The Labute approximate surface area is 126 Å². The van der Waals surface area contributed by atoms with Crippen LogP contribution in [0.15, 0.2) is 0 Å². The second kappa shape index (κ2) is 5.23. The van der Waals surface area contributed by atoms with Gasteiger partial charge in [0.05, 0.1) is 11.7 Å². The second-order valence-corrected chi connectivity index (χ2v) is 9.31. The van der Waals surface area contributed by atoms with Crippen LogP contribution in [0.3, 0.4) is 0 Å². The first-order chi connectivity index (χ1) is 9.82. The molecule has 2 bridgehead atoms. The molecule has 0 aromatic rings. The minimum atomic E-state index is -3.35. The third-order valence-corrected chi connectivity index (χ3v) is 7.98. The van der Waals surface area contributed by atoms with Crippen molar-refractivity contribution in [2.24, 2.45) is 11.3 Å². The fraction of sp³-hybridized carbons (Fsp3) is 0.933. The normalized spacial score (nSPS) is 36.0. The molecule has 120 valence electrons. The van der Waals surface area contributed by atoms with Crippen molar-refractivity contribution < 1.29 is 18.3 Å². The zero-order chi connectivity index (χ0) is 15.3. The smallest absolute Gasteiger partial charge is 0.308 e. The molecule has 0 aromatic heterocycles. The van der Waals surface area contributed by atoms with E-state index < -0.39 is 21.9 Å². The van der Waals surface area contributed by atoms with Gasteiger partial charge in [-0.05, 0) is 37.5 Å². The summed E-state index contributed by atoms with van der Waals surface area (Å²) in [6.45, 7) is 2.08. The van der Waals surface area contributed by atoms with Crippen molar-refractivity contribution in [3.63, 3.8) is 0 Å². The molecular weight excluding hydrogens is 290 g/mol. The molecule has 0 spiro atoms. The van der Waals surface area contributed by atoms with Gasteiger partial charge in [-0.2, -0.15) is 4.31 Å². The molecule has 3 atom stereocenters. The number of nitrogens with zero attached hydrogens (tertiary/aromatic N) is 1. The zero-order valence-corrected chi connectivity index (χ0v) is 13.4. The van der Waals surface area contributed by atoms with Crippen LogP contribution in [0.4, 0.5) is 0 Å². The molecule has 3 rings (SSSR count). The van der Waals surface area contributed by atoms with Crippen LogP contribution < -0.4 is 0 Å². The lowest BCUT2D eigenvalue weighted by molar-refractivity contribution is -0.142. The highest BCUT2D eigenvalue weighted by Gasteiger charge is 2.54. The Hall–Kier alpha value is -0.620. The lowest BCUT2D eigenvalue weighted by Gasteiger charge is -2.35. The first-order valence-electron chi connectivity index (χ1n) is 8.06. The van der Waals surface area contributed by atoms with E-state index in [0.29, 0.717) is 12.8 Å². The summed E-state index contributed by atoms with van der Waals surface area (Å²) in [4.78, 5) is 11.3. The van der Waals surface area contributed by atoms with Crippen LogP contribution in [-0.4, -0.2) is 41.6 Å². The lowest BCUT2D eigenvalue weighted by atomic mass is 9.77. The maximum absolute atomic E-state index is 12.9. The Morgan fingerprint density at radius 3 is 2.48 bits per heavy atom. The van der Waals surface area contributed by atoms with Crippen LogP contribution in [-0.2, 0) is 14.8 Å². The van der Waals surface area contributed by atoms with Gasteiger partial charge in [0.25, 0.3) is 0 Å². The van der Waals surface area contributed by atoms with Crippen molar-refractivity contribution in [2.75, 3.05) is 5.75 Å². The summed E-state index contributed by atoms with van der Waals surface area (Å²) in [6.07, 6.45) is 7.38. The fourth-order valence-electron chi connectivity index (χ4n) is 4.70. The van der Waals surface area contributed by atoms with Gasteiger partial charge < -0.3 is 5.11 Å². The summed E-state index contributed by atoms with van der Waals surface area (Å²) in [7, 11) is -3.35. The SMILES string of the molecule is CC1(CS(=O)(=O)N2C3CCC2C(C(=O)O)C3)CCCCC1. The molecule has 0 aromatic carbocycles. The van der Waals surface area contributed by atoms with Crippen LogP contribution in [0.25, 0.3) is 0 Å². The van der Waals surface area contributed by atoms with Gasteiger partial charge in [0, 0.05) is 12.1 Å². The number of aliphatic carboxylic acids is 1. The predicted octanol–water partition coefficient (Wildman–Crippen LogP) is 2.22. The highest BCUT2D eigenvalue weighted by atomic mass is 32.2. The monoisotopic (exact) mass is 315 g/mol. The molecule has 3 unspecified atom stereocenters. The van der Waals surface area contributed by atoms with Crippen LogP contribution in [0.1, 0.15) is 58.3 Å². The predicted molar refractivity (Wildman–Crippen MR) is 79.4 cm³/mol. The van der Waals surface area contributed by atoms with Gasteiger partial charge in [0.15, 0.2) is 0 Å².